The minimum atomic E-state index is 0.311. The summed E-state index contributed by atoms with van der Waals surface area (Å²) in [6, 6.07) is 9.13. The fourth-order valence-corrected chi connectivity index (χ4v) is 2.95. The van der Waals surface area contributed by atoms with Crippen LogP contribution in [0.1, 0.15) is 50.2 Å². The highest BCUT2D eigenvalue weighted by Crippen LogP contribution is 2.38. The number of benzene rings is 1. The molecular weight excluding hydrogens is 206 g/mol. The summed E-state index contributed by atoms with van der Waals surface area (Å²) in [6.07, 6.45) is 7.75. The molecule has 1 aliphatic rings. The van der Waals surface area contributed by atoms with Crippen LogP contribution in [0.5, 0.6) is 0 Å². The van der Waals surface area contributed by atoms with Crippen molar-refractivity contribution in [3.05, 3.63) is 35.4 Å². The Bertz CT molecular complexity index is 346. The van der Waals surface area contributed by atoms with Gasteiger partial charge in [-0.1, -0.05) is 56.0 Å². The summed E-state index contributed by atoms with van der Waals surface area (Å²) < 4.78 is 0. The van der Waals surface area contributed by atoms with Gasteiger partial charge in [0.05, 0.1) is 0 Å². The first-order valence-electron chi connectivity index (χ1n) is 6.91. The fraction of sp³-hybridized carbons (Fsp3) is 0.625. The lowest BCUT2D eigenvalue weighted by Crippen LogP contribution is -2.42. The highest BCUT2D eigenvalue weighted by atomic mass is 14.7. The number of rotatable bonds is 3. The Morgan fingerprint density at radius 3 is 2.29 bits per heavy atom. The van der Waals surface area contributed by atoms with E-state index in [1.807, 2.05) is 0 Å². The monoisotopic (exact) mass is 231 g/mol. The summed E-state index contributed by atoms with van der Waals surface area (Å²) in [5.41, 5.74) is 9.53. The third-order valence-electron chi connectivity index (χ3n) is 4.47. The van der Waals surface area contributed by atoms with Gasteiger partial charge in [-0.15, -0.1) is 0 Å². The van der Waals surface area contributed by atoms with Crippen molar-refractivity contribution in [2.24, 2.45) is 11.1 Å². The Balaban J connectivity index is 2.00. The van der Waals surface area contributed by atoms with Crippen LogP contribution >= 0.6 is 0 Å². The molecular formula is C16H25N. The molecule has 1 aromatic carbocycles. The minimum absolute atomic E-state index is 0.311. The van der Waals surface area contributed by atoms with Crippen molar-refractivity contribution in [3.63, 3.8) is 0 Å². The molecule has 1 atom stereocenters. The van der Waals surface area contributed by atoms with Crippen molar-refractivity contribution in [3.8, 4) is 0 Å². The molecule has 0 aromatic heterocycles. The van der Waals surface area contributed by atoms with E-state index in [9.17, 15) is 0 Å². The van der Waals surface area contributed by atoms with Gasteiger partial charge in [0.2, 0.25) is 0 Å². The van der Waals surface area contributed by atoms with E-state index in [1.54, 1.807) is 0 Å². The molecule has 1 saturated carbocycles. The third-order valence-corrected chi connectivity index (χ3v) is 4.47. The van der Waals surface area contributed by atoms with Crippen molar-refractivity contribution >= 4 is 0 Å². The summed E-state index contributed by atoms with van der Waals surface area (Å²) in [7, 11) is 0. The smallest absolute Gasteiger partial charge is 0.0133 e. The predicted molar refractivity (Wildman–Crippen MR) is 74.1 cm³/mol. The molecule has 0 amide bonds. The van der Waals surface area contributed by atoms with E-state index in [4.69, 9.17) is 5.73 Å². The maximum Gasteiger partial charge on any atom is 0.0133 e. The highest BCUT2D eigenvalue weighted by Gasteiger charge is 2.32. The van der Waals surface area contributed by atoms with Gasteiger partial charge in [-0.3, -0.25) is 0 Å². The lowest BCUT2D eigenvalue weighted by atomic mass is 9.69. The first kappa shape index (κ1) is 12.6. The summed E-state index contributed by atoms with van der Waals surface area (Å²) in [5.74, 6) is 0. The fourth-order valence-electron chi connectivity index (χ4n) is 2.95. The standard InChI is InChI=1S/C16H25N/c1-13-6-8-14(9-7-13)12-15(17)16(2)10-4-3-5-11-16/h6-9,15H,3-5,10-12,17H2,1-2H3. The zero-order chi connectivity index (χ0) is 12.3. The molecule has 0 spiro atoms. The number of nitrogens with two attached hydrogens (primary N) is 1. The van der Waals surface area contributed by atoms with Gasteiger partial charge in [0.25, 0.3) is 0 Å². The Morgan fingerprint density at radius 1 is 1.12 bits per heavy atom. The zero-order valence-corrected chi connectivity index (χ0v) is 11.2. The quantitative estimate of drug-likeness (QED) is 0.840. The van der Waals surface area contributed by atoms with Crippen LogP contribution in [0.2, 0.25) is 0 Å². The van der Waals surface area contributed by atoms with Gasteiger partial charge in [0.1, 0.15) is 0 Å². The molecule has 1 unspecified atom stereocenters. The van der Waals surface area contributed by atoms with Crippen molar-refractivity contribution in [2.45, 2.75) is 58.4 Å². The van der Waals surface area contributed by atoms with Crippen LogP contribution in [0, 0.1) is 12.3 Å². The lowest BCUT2D eigenvalue weighted by Gasteiger charge is -2.39. The molecule has 17 heavy (non-hydrogen) atoms. The number of aryl methyl sites for hydroxylation is 1. The van der Waals surface area contributed by atoms with E-state index in [2.05, 4.69) is 38.1 Å². The number of hydrogen-bond donors (Lipinski definition) is 1. The van der Waals surface area contributed by atoms with Crippen LogP contribution < -0.4 is 5.73 Å². The minimum Gasteiger partial charge on any atom is -0.327 e. The van der Waals surface area contributed by atoms with Crippen LogP contribution in [0.3, 0.4) is 0 Å². The molecule has 0 radical (unpaired) electrons. The second kappa shape index (κ2) is 5.22. The van der Waals surface area contributed by atoms with Gasteiger partial charge >= 0.3 is 0 Å². The molecule has 2 N–H and O–H groups in total. The largest absolute Gasteiger partial charge is 0.327 e. The average Bonchev–Trinajstić information content (AvgIpc) is 2.33. The Morgan fingerprint density at radius 2 is 1.71 bits per heavy atom. The Kier molecular flexibility index (Phi) is 3.88. The maximum absolute atomic E-state index is 6.45. The van der Waals surface area contributed by atoms with Crippen LogP contribution in [-0.4, -0.2) is 6.04 Å². The second-order valence-corrected chi connectivity index (χ2v) is 6.01. The van der Waals surface area contributed by atoms with Gasteiger partial charge in [-0.2, -0.15) is 0 Å². The summed E-state index contributed by atoms with van der Waals surface area (Å²) in [4.78, 5) is 0. The SMILES string of the molecule is Cc1ccc(CC(N)C2(C)CCCCC2)cc1. The van der Waals surface area contributed by atoms with E-state index < -0.39 is 0 Å². The van der Waals surface area contributed by atoms with Crippen LogP contribution in [0.25, 0.3) is 0 Å². The van der Waals surface area contributed by atoms with Crippen molar-refractivity contribution in [2.75, 3.05) is 0 Å². The van der Waals surface area contributed by atoms with E-state index in [-0.39, 0.29) is 0 Å². The molecule has 0 heterocycles. The summed E-state index contributed by atoms with van der Waals surface area (Å²) in [5, 5.41) is 0. The van der Waals surface area contributed by atoms with E-state index in [0.29, 0.717) is 11.5 Å². The Hall–Kier alpha value is -0.820. The van der Waals surface area contributed by atoms with Gasteiger partial charge in [0.15, 0.2) is 0 Å². The first-order chi connectivity index (χ1) is 8.10. The first-order valence-corrected chi connectivity index (χ1v) is 6.91. The molecule has 1 aromatic rings. The van der Waals surface area contributed by atoms with Crippen LogP contribution in [-0.2, 0) is 6.42 Å². The van der Waals surface area contributed by atoms with Crippen LogP contribution in [0.4, 0.5) is 0 Å². The molecule has 94 valence electrons. The van der Waals surface area contributed by atoms with Gasteiger partial charge < -0.3 is 5.73 Å². The summed E-state index contributed by atoms with van der Waals surface area (Å²) >= 11 is 0. The van der Waals surface area contributed by atoms with E-state index in [0.717, 1.165) is 6.42 Å². The molecule has 1 fully saturated rings. The molecule has 0 aliphatic heterocycles. The van der Waals surface area contributed by atoms with E-state index >= 15 is 0 Å². The third kappa shape index (κ3) is 3.10. The molecule has 1 aliphatic carbocycles. The van der Waals surface area contributed by atoms with E-state index in [1.165, 1.54) is 43.2 Å². The number of hydrogen-bond acceptors (Lipinski definition) is 1. The van der Waals surface area contributed by atoms with Crippen LogP contribution in [0.15, 0.2) is 24.3 Å². The zero-order valence-electron chi connectivity index (χ0n) is 11.2. The van der Waals surface area contributed by atoms with Crippen molar-refractivity contribution < 1.29 is 0 Å². The predicted octanol–water partition coefficient (Wildman–Crippen LogP) is 3.84. The lowest BCUT2D eigenvalue weighted by molar-refractivity contribution is 0.169. The van der Waals surface area contributed by atoms with Crippen molar-refractivity contribution in [1.82, 2.24) is 0 Å². The van der Waals surface area contributed by atoms with Gasteiger partial charge in [-0.05, 0) is 37.2 Å². The van der Waals surface area contributed by atoms with Gasteiger partial charge in [0, 0.05) is 6.04 Å². The molecule has 0 saturated heterocycles. The second-order valence-electron chi connectivity index (χ2n) is 6.01. The maximum atomic E-state index is 6.45. The summed E-state index contributed by atoms with van der Waals surface area (Å²) in [6.45, 7) is 4.51. The molecule has 1 nitrogen and oxygen atoms in total. The average molecular weight is 231 g/mol. The molecule has 0 bridgehead atoms. The normalized spacial score (nSPS) is 21.1. The highest BCUT2D eigenvalue weighted by molar-refractivity contribution is 5.22. The molecule has 2 rings (SSSR count). The van der Waals surface area contributed by atoms with Crippen molar-refractivity contribution in [1.29, 1.82) is 0 Å². The topological polar surface area (TPSA) is 26.0 Å². The van der Waals surface area contributed by atoms with Gasteiger partial charge in [-0.25, -0.2) is 0 Å². The molecule has 1 heteroatoms. The Labute approximate surface area is 105 Å².